The van der Waals surface area contributed by atoms with Crippen LogP contribution in [0.3, 0.4) is 0 Å². The lowest BCUT2D eigenvalue weighted by Crippen LogP contribution is -2.39. The molecule has 0 aromatic carbocycles. The van der Waals surface area contributed by atoms with Gasteiger partial charge in [-0.05, 0) is 16.7 Å². The monoisotopic (exact) mass is 184 g/mol. The SMILES string of the molecule is CCC(C)C(C)(C)C(C)(CC)CC. The van der Waals surface area contributed by atoms with E-state index in [1.54, 1.807) is 0 Å². The highest BCUT2D eigenvalue weighted by atomic mass is 14.5. The summed E-state index contributed by atoms with van der Waals surface area (Å²) in [7, 11) is 0. The molecule has 0 heteroatoms. The van der Waals surface area contributed by atoms with Gasteiger partial charge in [0.2, 0.25) is 0 Å². The van der Waals surface area contributed by atoms with Crippen LogP contribution in [0.2, 0.25) is 0 Å². The van der Waals surface area contributed by atoms with E-state index in [0.29, 0.717) is 10.8 Å². The van der Waals surface area contributed by atoms with Crippen LogP contribution in [0, 0.1) is 16.7 Å². The molecular weight excluding hydrogens is 156 g/mol. The molecule has 0 spiro atoms. The molecule has 0 radical (unpaired) electrons. The van der Waals surface area contributed by atoms with Gasteiger partial charge in [-0.15, -0.1) is 0 Å². The van der Waals surface area contributed by atoms with Crippen molar-refractivity contribution in [2.24, 2.45) is 16.7 Å². The Labute approximate surface area is 85.1 Å². The van der Waals surface area contributed by atoms with Gasteiger partial charge in [0, 0.05) is 0 Å². The third-order valence-electron chi connectivity index (χ3n) is 4.96. The Morgan fingerprint density at radius 1 is 0.923 bits per heavy atom. The van der Waals surface area contributed by atoms with Crippen molar-refractivity contribution < 1.29 is 0 Å². The lowest BCUT2D eigenvalue weighted by Gasteiger charge is -2.47. The van der Waals surface area contributed by atoms with Crippen LogP contribution in [0.25, 0.3) is 0 Å². The molecule has 0 bridgehead atoms. The van der Waals surface area contributed by atoms with E-state index in [9.17, 15) is 0 Å². The molecule has 0 saturated carbocycles. The quantitative estimate of drug-likeness (QED) is 0.571. The van der Waals surface area contributed by atoms with Gasteiger partial charge >= 0.3 is 0 Å². The van der Waals surface area contributed by atoms with Crippen LogP contribution in [0.15, 0.2) is 0 Å². The molecule has 0 amide bonds. The summed E-state index contributed by atoms with van der Waals surface area (Å²) in [5.41, 5.74) is 0.966. The van der Waals surface area contributed by atoms with Gasteiger partial charge in [0.1, 0.15) is 0 Å². The third kappa shape index (κ3) is 2.27. The van der Waals surface area contributed by atoms with Gasteiger partial charge in [-0.1, -0.05) is 67.7 Å². The van der Waals surface area contributed by atoms with Crippen LogP contribution >= 0.6 is 0 Å². The van der Waals surface area contributed by atoms with Crippen molar-refractivity contribution in [2.75, 3.05) is 0 Å². The van der Waals surface area contributed by atoms with Crippen LogP contribution in [-0.4, -0.2) is 0 Å². The lowest BCUT2D eigenvalue weighted by atomic mass is 9.58. The van der Waals surface area contributed by atoms with Gasteiger partial charge in [-0.25, -0.2) is 0 Å². The molecule has 0 aliphatic carbocycles. The second-order valence-electron chi connectivity index (χ2n) is 5.30. The summed E-state index contributed by atoms with van der Waals surface area (Å²) in [4.78, 5) is 0. The first-order chi connectivity index (χ1) is 5.85. The molecule has 13 heavy (non-hydrogen) atoms. The largest absolute Gasteiger partial charge is 0.0651 e. The van der Waals surface area contributed by atoms with E-state index >= 15 is 0 Å². The zero-order valence-corrected chi connectivity index (χ0v) is 10.7. The second-order valence-corrected chi connectivity index (χ2v) is 5.30. The molecule has 80 valence electrons. The van der Waals surface area contributed by atoms with Gasteiger partial charge in [0.25, 0.3) is 0 Å². The van der Waals surface area contributed by atoms with Crippen molar-refractivity contribution in [3.05, 3.63) is 0 Å². The van der Waals surface area contributed by atoms with E-state index < -0.39 is 0 Å². The molecule has 0 aromatic heterocycles. The molecule has 0 aromatic rings. The lowest BCUT2D eigenvalue weighted by molar-refractivity contribution is 0.0215. The maximum Gasteiger partial charge on any atom is -0.0275 e. The molecular formula is C13H28. The van der Waals surface area contributed by atoms with Crippen molar-refractivity contribution in [1.29, 1.82) is 0 Å². The highest BCUT2D eigenvalue weighted by Crippen LogP contribution is 2.49. The molecule has 0 nitrogen and oxygen atoms in total. The molecule has 1 atom stereocenters. The fraction of sp³-hybridized carbons (Fsp3) is 1.00. The van der Waals surface area contributed by atoms with E-state index in [1.807, 2.05) is 0 Å². The smallest absolute Gasteiger partial charge is 0.0275 e. The minimum absolute atomic E-state index is 0.464. The molecule has 0 aliphatic rings. The Kier molecular flexibility index (Phi) is 4.48. The summed E-state index contributed by atoms with van der Waals surface area (Å²) >= 11 is 0. The molecule has 0 heterocycles. The van der Waals surface area contributed by atoms with Gasteiger partial charge in [-0.3, -0.25) is 0 Å². The van der Waals surface area contributed by atoms with E-state index in [0.717, 1.165) is 5.92 Å². The molecule has 0 N–H and O–H groups in total. The first-order valence-corrected chi connectivity index (χ1v) is 5.85. The van der Waals surface area contributed by atoms with Crippen LogP contribution in [0.4, 0.5) is 0 Å². The minimum atomic E-state index is 0.464. The number of rotatable bonds is 5. The zero-order chi connectivity index (χ0) is 10.7. The van der Waals surface area contributed by atoms with Gasteiger partial charge in [-0.2, -0.15) is 0 Å². The van der Waals surface area contributed by atoms with Crippen molar-refractivity contribution in [1.82, 2.24) is 0 Å². The summed E-state index contributed by atoms with van der Waals surface area (Å²) in [6, 6.07) is 0. The highest BCUT2D eigenvalue weighted by Gasteiger charge is 2.40. The van der Waals surface area contributed by atoms with Crippen molar-refractivity contribution in [2.45, 2.75) is 67.7 Å². The second kappa shape index (κ2) is 4.48. The van der Waals surface area contributed by atoms with Gasteiger partial charge in [0.15, 0.2) is 0 Å². The van der Waals surface area contributed by atoms with Gasteiger partial charge < -0.3 is 0 Å². The average Bonchev–Trinajstić information content (AvgIpc) is 2.14. The summed E-state index contributed by atoms with van der Waals surface area (Å²) in [6.07, 6.45) is 3.88. The zero-order valence-electron chi connectivity index (χ0n) is 10.7. The average molecular weight is 184 g/mol. The van der Waals surface area contributed by atoms with E-state index in [4.69, 9.17) is 0 Å². The number of hydrogen-bond donors (Lipinski definition) is 0. The molecule has 0 saturated heterocycles. The summed E-state index contributed by atoms with van der Waals surface area (Å²) in [5.74, 6) is 0.817. The first-order valence-electron chi connectivity index (χ1n) is 5.85. The van der Waals surface area contributed by atoms with Crippen LogP contribution in [0.5, 0.6) is 0 Å². The van der Waals surface area contributed by atoms with E-state index in [-0.39, 0.29) is 0 Å². The Morgan fingerprint density at radius 3 is 1.54 bits per heavy atom. The van der Waals surface area contributed by atoms with Crippen LogP contribution in [-0.2, 0) is 0 Å². The van der Waals surface area contributed by atoms with Crippen molar-refractivity contribution >= 4 is 0 Å². The predicted octanol–water partition coefficient (Wildman–Crippen LogP) is 4.89. The minimum Gasteiger partial charge on any atom is -0.0651 e. The van der Waals surface area contributed by atoms with Crippen LogP contribution in [0.1, 0.15) is 67.7 Å². The Hall–Kier alpha value is 0. The fourth-order valence-electron chi connectivity index (χ4n) is 2.27. The van der Waals surface area contributed by atoms with Crippen molar-refractivity contribution in [3.8, 4) is 0 Å². The Balaban J connectivity index is 4.76. The molecule has 0 aliphatic heterocycles. The predicted molar refractivity (Wildman–Crippen MR) is 61.9 cm³/mol. The summed E-state index contributed by atoms with van der Waals surface area (Å²) in [6.45, 7) is 16.7. The topological polar surface area (TPSA) is 0 Å². The van der Waals surface area contributed by atoms with Gasteiger partial charge in [0.05, 0.1) is 0 Å². The normalized spacial score (nSPS) is 15.9. The van der Waals surface area contributed by atoms with Crippen molar-refractivity contribution in [3.63, 3.8) is 0 Å². The fourth-order valence-corrected chi connectivity index (χ4v) is 2.27. The molecule has 1 unspecified atom stereocenters. The standard InChI is InChI=1S/C13H28/c1-8-11(4)12(5,6)13(7,9-2)10-3/h11H,8-10H2,1-7H3. The van der Waals surface area contributed by atoms with E-state index in [2.05, 4.69) is 48.5 Å². The Morgan fingerprint density at radius 2 is 1.31 bits per heavy atom. The van der Waals surface area contributed by atoms with Crippen LogP contribution < -0.4 is 0 Å². The first kappa shape index (κ1) is 13.0. The summed E-state index contributed by atoms with van der Waals surface area (Å²) in [5, 5.41) is 0. The maximum absolute atomic E-state index is 2.44. The third-order valence-corrected chi connectivity index (χ3v) is 4.96. The molecule has 0 rings (SSSR count). The maximum atomic E-state index is 2.44. The Bertz CT molecular complexity index is 140. The highest BCUT2D eigenvalue weighted by molar-refractivity contribution is 4.90. The molecule has 0 fully saturated rings. The van der Waals surface area contributed by atoms with E-state index in [1.165, 1.54) is 19.3 Å². The number of hydrogen-bond acceptors (Lipinski definition) is 0. The summed E-state index contributed by atoms with van der Waals surface area (Å²) < 4.78 is 0.